The fourth-order valence-corrected chi connectivity index (χ4v) is 1.84. The second-order valence-electron chi connectivity index (χ2n) is 4.10. The molecule has 1 heterocycles. The Balaban J connectivity index is 2.12. The molecule has 0 radical (unpaired) electrons. The second kappa shape index (κ2) is 6.42. The fraction of sp³-hybridized carbons (Fsp3) is 1.00. The summed E-state index contributed by atoms with van der Waals surface area (Å²) in [5.41, 5.74) is 0. The standard InChI is InChI=1S/C10H19F3N2O/c1-16-7-6-15-4-2-9(3-5-15)14-8-10(11,12)13/h9,14H,2-8H2,1H3. The Labute approximate surface area is 93.9 Å². The number of piperidine rings is 1. The Bertz CT molecular complexity index is 191. The van der Waals surface area contributed by atoms with Crippen molar-refractivity contribution in [3.8, 4) is 0 Å². The predicted octanol–water partition coefficient (Wildman–Crippen LogP) is 1.25. The Hall–Kier alpha value is -0.330. The molecule has 0 aliphatic carbocycles. The molecule has 0 spiro atoms. The second-order valence-corrected chi connectivity index (χ2v) is 4.10. The van der Waals surface area contributed by atoms with Gasteiger partial charge in [0.05, 0.1) is 13.2 Å². The average molecular weight is 240 g/mol. The zero-order chi connectivity index (χ0) is 12.0. The van der Waals surface area contributed by atoms with Gasteiger partial charge in [-0.25, -0.2) is 0 Å². The van der Waals surface area contributed by atoms with E-state index in [0.29, 0.717) is 6.61 Å². The molecule has 0 amide bonds. The maximum absolute atomic E-state index is 12.0. The summed E-state index contributed by atoms with van der Waals surface area (Å²) in [4.78, 5) is 2.22. The molecule has 1 saturated heterocycles. The highest BCUT2D eigenvalue weighted by molar-refractivity contribution is 4.77. The first-order valence-electron chi connectivity index (χ1n) is 5.52. The molecule has 0 aromatic carbocycles. The molecule has 0 bridgehead atoms. The highest BCUT2D eigenvalue weighted by Crippen LogP contribution is 2.15. The van der Waals surface area contributed by atoms with Crippen molar-refractivity contribution in [3.63, 3.8) is 0 Å². The number of alkyl halides is 3. The molecular formula is C10H19F3N2O. The van der Waals surface area contributed by atoms with Crippen LogP contribution < -0.4 is 5.32 Å². The summed E-state index contributed by atoms with van der Waals surface area (Å²) >= 11 is 0. The number of ether oxygens (including phenoxy) is 1. The third-order valence-electron chi connectivity index (χ3n) is 2.79. The van der Waals surface area contributed by atoms with Crippen LogP contribution in [-0.2, 0) is 4.74 Å². The third kappa shape index (κ3) is 5.67. The molecule has 1 N–H and O–H groups in total. The van der Waals surface area contributed by atoms with Crippen molar-refractivity contribution >= 4 is 0 Å². The van der Waals surface area contributed by atoms with E-state index in [1.165, 1.54) is 0 Å². The number of likely N-dealkylation sites (tertiary alicyclic amines) is 1. The molecule has 1 aliphatic rings. The van der Waals surface area contributed by atoms with Crippen molar-refractivity contribution in [2.24, 2.45) is 0 Å². The molecule has 0 atom stereocenters. The number of nitrogens with zero attached hydrogens (tertiary/aromatic N) is 1. The number of halogens is 3. The van der Waals surface area contributed by atoms with Gasteiger partial charge >= 0.3 is 6.18 Å². The Morgan fingerprint density at radius 3 is 2.44 bits per heavy atom. The largest absolute Gasteiger partial charge is 0.401 e. The normalized spacial score (nSPS) is 20.2. The monoisotopic (exact) mass is 240 g/mol. The summed E-state index contributed by atoms with van der Waals surface area (Å²) in [6.07, 6.45) is -2.55. The quantitative estimate of drug-likeness (QED) is 0.782. The van der Waals surface area contributed by atoms with Crippen LogP contribution >= 0.6 is 0 Å². The molecule has 1 fully saturated rings. The van der Waals surface area contributed by atoms with E-state index < -0.39 is 12.7 Å². The van der Waals surface area contributed by atoms with Crippen LogP contribution in [0.4, 0.5) is 13.2 Å². The SMILES string of the molecule is COCCN1CCC(NCC(F)(F)F)CC1. The maximum Gasteiger partial charge on any atom is 0.401 e. The van der Waals surface area contributed by atoms with Crippen LogP contribution in [0.15, 0.2) is 0 Å². The average Bonchev–Trinajstić information content (AvgIpc) is 2.24. The minimum absolute atomic E-state index is 0.000389. The summed E-state index contributed by atoms with van der Waals surface area (Å²) < 4.78 is 40.9. The van der Waals surface area contributed by atoms with Crippen molar-refractivity contribution in [2.45, 2.75) is 25.1 Å². The van der Waals surface area contributed by atoms with Crippen molar-refractivity contribution in [1.82, 2.24) is 10.2 Å². The zero-order valence-electron chi connectivity index (χ0n) is 9.52. The van der Waals surface area contributed by atoms with E-state index in [1.807, 2.05) is 0 Å². The van der Waals surface area contributed by atoms with Gasteiger partial charge in [0.15, 0.2) is 0 Å². The van der Waals surface area contributed by atoms with E-state index in [-0.39, 0.29) is 6.04 Å². The van der Waals surface area contributed by atoms with Crippen LogP contribution in [-0.4, -0.2) is 57.0 Å². The van der Waals surface area contributed by atoms with Crippen LogP contribution in [0.1, 0.15) is 12.8 Å². The summed E-state index contributed by atoms with van der Waals surface area (Å²) in [7, 11) is 1.65. The molecular weight excluding hydrogens is 221 g/mol. The van der Waals surface area contributed by atoms with Crippen molar-refractivity contribution < 1.29 is 17.9 Å². The number of methoxy groups -OCH3 is 1. The van der Waals surface area contributed by atoms with Gasteiger partial charge in [-0.15, -0.1) is 0 Å². The minimum atomic E-state index is -4.10. The van der Waals surface area contributed by atoms with Gasteiger partial charge in [-0.1, -0.05) is 0 Å². The maximum atomic E-state index is 12.0. The Morgan fingerprint density at radius 2 is 1.94 bits per heavy atom. The fourth-order valence-electron chi connectivity index (χ4n) is 1.84. The molecule has 0 aromatic heterocycles. The van der Waals surface area contributed by atoms with E-state index in [2.05, 4.69) is 10.2 Å². The van der Waals surface area contributed by atoms with Crippen molar-refractivity contribution in [2.75, 3.05) is 39.9 Å². The smallest absolute Gasteiger partial charge is 0.383 e. The summed E-state index contributed by atoms with van der Waals surface area (Å²) in [6, 6.07) is 0.000389. The summed E-state index contributed by atoms with van der Waals surface area (Å²) in [6.45, 7) is 2.36. The van der Waals surface area contributed by atoms with Gasteiger partial charge in [-0.3, -0.25) is 0 Å². The van der Waals surface area contributed by atoms with E-state index in [1.54, 1.807) is 7.11 Å². The van der Waals surface area contributed by atoms with Gasteiger partial charge in [0.1, 0.15) is 0 Å². The first kappa shape index (κ1) is 13.7. The van der Waals surface area contributed by atoms with Gasteiger partial charge in [-0.05, 0) is 25.9 Å². The topological polar surface area (TPSA) is 24.5 Å². The van der Waals surface area contributed by atoms with Gasteiger partial charge in [0.25, 0.3) is 0 Å². The first-order valence-corrected chi connectivity index (χ1v) is 5.52. The van der Waals surface area contributed by atoms with E-state index in [9.17, 15) is 13.2 Å². The van der Waals surface area contributed by atoms with Crippen LogP contribution in [0.3, 0.4) is 0 Å². The van der Waals surface area contributed by atoms with E-state index in [0.717, 1.165) is 32.5 Å². The molecule has 16 heavy (non-hydrogen) atoms. The Morgan fingerprint density at radius 1 is 1.31 bits per heavy atom. The first-order chi connectivity index (χ1) is 7.51. The zero-order valence-corrected chi connectivity index (χ0v) is 9.52. The number of nitrogens with one attached hydrogen (secondary N) is 1. The van der Waals surface area contributed by atoms with Gasteiger partial charge in [0.2, 0.25) is 0 Å². The summed E-state index contributed by atoms with van der Waals surface area (Å²) in [5, 5.41) is 2.56. The van der Waals surface area contributed by atoms with Crippen LogP contribution in [0, 0.1) is 0 Å². The highest BCUT2D eigenvalue weighted by Gasteiger charge is 2.29. The number of hydrogen-bond donors (Lipinski definition) is 1. The summed E-state index contributed by atoms with van der Waals surface area (Å²) in [5.74, 6) is 0. The van der Waals surface area contributed by atoms with E-state index in [4.69, 9.17) is 4.74 Å². The molecule has 96 valence electrons. The van der Waals surface area contributed by atoms with E-state index >= 15 is 0 Å². The van der Waals surface area contributed by atoms with Gasteiger partial charge in [0, 0.05) is 19.7 Å². The molecule has 0 unspecified atom stereocenters. The minimum Gasteiger partial charge on any atom is -0.383 e. The molecule has 3 nitrogen and oxygen atoms in total. The van der Waals surface area contributed by atoms with Gasteiger partial charge < -0.3 is 15.0 Å². The highest BCUT2D eigenvalue weighted by atomic mass is 19.4. The lowest BCUT2D eigenvalue weighted by Gasteiger charge is -2.32. The third-order valence-corrected chi connectivity index (χ3v) is 2.79. The lowest BCUT2D eigenvalue weighted by Crippen LogP contribution is -2.45. The van der Waals surface area contributed by atoms with Crippen LogP contribution in [0.2, 0.25) is 0 Å². The van der Waals surface area contributed by atoms with Crippen molar-refractivity contribution in [1.29, 1.82) is 0 Å². The van der Waals surface area contributed by atoms with Gasteiger partial charge in [-0.2, -0.15) is 13.2 Å². The lowest BCUT2D eigenvalue weighted by molar-refractivity contribution is -0.126. The number of rotatable bonds is 5. The van der Waals surface area contributed by atoms with Crippen LogP contribution in [0.25, 0.3) is 0 Å². The predicted molar refractivity (Wildman–Crippen MR) is 55.4 cm³/mol. The Kier molecular flexibility index (Phi) is 5.51. The molecule has 1 aliphatic heterocycles. The molecule has 6 heteroatoms. The molecule has 0 aromatic rings. The molecule has 0 saturated carbocycles. The lowest BCUT2D eigenvalue weighted by atomic mass is 10.1. The van der Waals surface area contributed by atoms with Crippen molar-refractivity contribution in [3.05, 3.63) is 0 Å². The number of hydrogen-bond acceptors (Lipinski definition) is 3. The van der Waals surface area contributed by atoms with Crippen LogP contribution in [0.5, 0.6) is 0 Å². The molecule has 1 rings (SSSR count).